The number of alkyl halides is 1. The molecule has 0 saturated heterocycles. The van der Waals surface area contributed by atoms with E-state index in [0.717, 1.165) is 17.8 Å². The van der Waals surface area contributed by atoms with Crippen molar-refractivity contribution in [1.82, 2.24) is 9.78 Å². The van der Waals surface area contributed by atoms with Gasteiger partial charge in [0.05, 0.1) is 11.4 Å². The Bertz CT molecular complexity index is 482. The van der Waals surface area contributed by atoms with E-state index >= 15 is 0 Å². The van der Waals surface area contributed by atoms with Gasteiger partial charge < -0.3 is 0 Å². The van der Waals surface area contributed by atoms with Gasteiger partial charge in [0.2, 0.25) is 0 Å². The second kappa shape index (κ2) is 4.10. The Morgan fingerprint density at radius 3 is 2.67 bits per heavy atom. The second-order valence-corrected chi connectivity index (χ2v) is 3.53. The molecule has 0 saturated carbocycles. The molecule has 0 radical (unpaired) electrons. The molecule has 0 aliphatic rings. The zero-order valence-corrected chi connectivity index (χ0v) is 9.21. The fourth-order valence-corrected chi connectivity index (χ4v) is 1.71. The molecular weight excluding hydrogens is 266 g/mol. The third-order valence-corrected chi connectivity index (χ3v) is 2.58. The summed E-state index contributed by atoms with van der Waals surface area (Å²) in [6, 6.07) is 5.49. The monoisotopic (exact) mass is 272 g/mol. The quantitative estimate of drug-likeness (QED) is 0.769. The molecule has 0 aliphatic heterocycles. The number of aromatic nitrogens is 2. The molecule has 0 fully saturated rings. The highest BCUT2D eigenvalue weighted by Crippen LogP contribution is 2.15. The minimum Gasteiger partial charge on any atom is -0.237 e. The van der Waals surface area contributed by atoms with E-state index in [1.165, 1.54) is 6.07 Å². The third-order valence-electron chi connectivity index (χ3n) is 2.01. The summed E-state index contributed by atoms with van der Waals surface area (Å²) < 4.78 is 27.2. The third kappa shape index (κ3) is 1.92. The van der Waals surface area contributed by atoms with Crippen LogP contribution in [-0.2, 0) is 5.33 Å². The van der Waals surface area contributed by atoms with Gasteiger partial charge in [-0.25, -0.2) is 13.5 Å². The molecule has 0 N–H and O–H groups in total. The van der Waals surface area contributed by atoms with Crippen molar-refractivity contribution in [2.45, 2.75) is 5.33 Å². The number of nitrogens with zero attached hydrogens (tertiary/aromatic N) is 2. The molecule has 0 bridgehead atoms. The lowest BCUT2D eigenvalue weighted by Gasteiger charge is -2.05. The van der Waals surface area contributed by atoms with Crippen molar-refractivity contribution in [2.24, 2.45) is 0 Å². The maximum Gasteiger partial charge on any atom is 0.160 e. The largest absolute Gasteiger partial charge is 0.237 e. The van der Waals surface area contributed by atoms with Crippen molar-refractivity contribution in [3.05, 3.63) is 47.8 Å². The lowest BCUT2D eigenvalue weighted by atomic mass is 10.3. The second-order valence-electron chi connectivity index (χ2n) is 2.97. The summed E-state index contributed by atoms with van der Waals surface area (Å²) in [5.74, 6) is -1.73. The van der Waals surface area contributed by atoms with E-state index in [-0.39, 0.29) is 0 Å². The van der Waals surface area contributed by atoms with Gasteiger partial charge in [-0.15, -0.1) is 0 Å². The Morgan fingerprint density at radius 2 is 2.00 bits per heavy atom. The molecule has 0 aliphatic carbocycles. The lowest BCUT2D eigenvalue weighted by molar-refractivity contribution is 0.507. The standard InChI is InChI=1S/C10H7BrF2N2/c11-6-8-3-4-14-15(8)7-1-2-9(12)10(13)5-7/h1-5H,6H2. The molecule has 78 valence electrons. The molecule has 0 unspecified atom stereocenters. The Balaban J connectivity index is 2.50. The van der Waals surface area contributed by atoms with Crippen molar-refractivity contribution in [2.75, 3.05) is 0 Å². The van der Waals surface area contributed by atoms with Crippen LogP contribution in [-0.4, -0.2) is 9.78 Å². The smallest absolute Gasteiger partial charge is 0.160 e. The molecule has 1 heterocycles. The number of halogens is 3. The molecule has 5 heteroatoms. The van der Waals surface area contributed by atoms with Gasteiger partial charge in [-0.05, 0) is 18.2 Å². The maximum absolute atomic E-state index is 13.0. The Hall–Kier alpha value is -1.23. The van der Waals surface area contributed by atoms with Crippen LogP contribution < -0.4 is 0 Å². The van der Waals surface area contributed by atoms with Crippen LogP contribution in [0.2, 0.25) is 0 Å². The Morgan fingerprint density at radius 1 is 1.20 bits per heavy atom. The maximum atomic E-state index is 13.0. The summed E-state index contributed by atoms with van der Waals surface area (Å²) in [6.07, 6.45) is 1.61. The molecule has 2 aromatic rings. The van der Waals surface area contributed by atoms with Crippen LogP contribution in [0.3, 0.4) is 0 Å². The fourth-order valence-electron chi connectivity index (χ4n) is 1.28. The Kier molecular flexibility index (Phi) is 2.81. The van der Waals surface area contributed by atoms with Gasteiger partial charge in [-0.2, -0.15) is 5.10 Å². The van der Waals surface area contributed by atoms with Crippen molar-refractivity contribution in [1.29, 1.82) is 0 Å². The highest BCUT2D eigenvalue weighted by molar-refractivity contribution is 9.08. The van der Waals surface area contributed by atoms with Crippen LogP contribution in [0.25, 0.3) is 5.69 Å². The van der Waals surface area contributed by atoms with E-state index in [1.54, 1.807) is 16.9 Å². The van der Waals surface area contributed by atoms with Crippen LogP contribution >= 0.6 is 15.9 Å². The van der Waals surface area contributed by atoms with Gasteiger partial charge in [-0.3, -0.25) is 0 Å². The van der Waals surface area contributed by atoms with E-state index in [4.69, 9.17) is 0 Å². The number of benzene rings is 1. The topological polar surface area (TPSA) is 17.8 Å². The van der Waals surface area contributed by atoms with Gasteiger partial charge in [-0.1, -0.05) is 15.9 Å². The zero-order chi connectivity index (χ0) is 10.8. The van der Waals surface area contributed by atoms with Gasteiger partial charge in [0, 0.05) is 17.6 Å². The molecule has 1 aromatic carbocycles. The zero-order valence-electron chi connectivity index (χ0n) is 7.62. The first-order chi connectivity index (χ1) is 7.22. The van der Waals surface area contributed by atoms with Crippen molar-refractivity contribution in [3.63, 3.8) is 0 Å². The van der Waals surface area contributed by atoms with Gasteiger partial charge in [0.1, 0.15) is 0 Å². The van der Waals surface area contributed by atoms with Crippen LogP contribution in [0.15, 0.2) is 30.5 Å². The van der Waals surface area contributed by atoms with E-state index in [2.05, 4.69) is 21.0 Å². The van der Waals surface area contributed by atoms with Crippen molar-refractivity contribution < 1.29 is 8.78 Å². The highest BCUT2D eigenvalue weighted by atomic mass is 79.9. The molecule has 2 rings (SSSR count). The fraction of sp³-hybridized carbons (Fsp3) is 0.100. The summed E-state index contributed by atoms with van der Waals surface area (Å²) in [4.78, 5) is 0. The minimum absolute atomic E-state index is 0.508. The highest BCUT2D eigenvalue weighted by Gasteiger charge is 2.07. The first-order valence-corrected chi connectivity index (χ1v) is 5.39. The SMILES string of the molecule is Fc1ccc(-n2nccc2CBr)cc1F. The minimum atomic E-state index is -0.872. The van der Waals surface area contributed by atoms with Gasteiger partial charge in [0.25, 0.3) is 0 Å². The van der Waals surface area contributed by atoms with E-state index in [9.17, 15) is 8.78 Å². The van der Waals surface area contributed by atoms with Gasteiger partial charge in [0.15, 0.2) is 11.6 Å². The van der Waals surface area contributed by atoms with Crippen molar-refractivity contribution >= 4 is 15.9 Å². The summed E-state index contributed by atoms with van der Waals surface area (Å²) in [7, 11) is 0. The molecule has 15 heavy (non-hydrogen) atoms. The lowest BCUT2D eigenvalue weighted by Crippen LogP contribution is -2.01. The first kappa shape index (κ1) is 10.3. The summed E-state index contributed by atoms with van der Waals surface area (Å²) in [5, 5.41) is 4.63. The molecule has 0 amide bonds. The van der Waals surface area contributed by atoms with Crippen LogP contribution in [0.5, 0.6) is 0 Å². The number of rotatable bonds is 2. The van der Waals surface area contributed by atoms with Crippen molar-refractivity contribution in [3.8, 4) is 5.69 Å². The van der Waals surface area contributed by atoms with Crippen LogP contribution in [0, 0.1) is 11.6 Å². The number of hydrogen-bond acceptors (Lipinski definition) is 1. The Labute approximate surface area is 93.7 Å². The summed E-state index contributed by atoms with van der Waals surface area (Å²) >= 11 is 3.29. The average molecular weight is 273 g/mol. The average Bonchev–Trinajstić information content (AvgIpc) is 2.70. The van der Waals surface area contributed by atoms with E-state index in [1.807, 2.05) is 0 Å². The number of hydrogen-bond donors (Lipinski definition) is 0. The molecule has 0 spiro atoms. The van der Waals surface area contributed by atoms with Crippen LogP contribution in [0.4, 0.5) is 8.78 Å². The molecule has 1 aromatic heterocycles. The first-order valence-electron chi connectivity index (χ1n) is 4.26. The summed E-state index contributed by atoms with van der Waals surface area (Å²) in [6.45, 7) is 0. The van der Waals surface area contributed by atoms with Gasteiger partial charge >= 0.3 is 0 Å². The predicted octanol–water partition coefficient (Wildman–Crippen LogP) is 3.05. The molecular formula is C10H7BrF2N2. The normalized spacial score (nSPS) is 10.6. The summed E-state index contributed by atoms with van der Waals surface area (Å²) in [5.41, 5.74) is 1.38. The predicted molar refractivity (Wildman–Crippen MR) is 56.1 cm³/mol. The molecule has 0 atom stereocenters. The van der Waals surface area contributed by atoms with Crippen LogP contribution in [0.1, 0.15) is 5.69 Å². The molecule has 2 nitrogen and oxygen atoms in total. The van der Waals surface area contributed by atoms with E-state index < -0.39 is 11.6 Å². The van der Waals surface area contributed by atoms with E-state index in [0.29, 0.717) is 11.0 Å².